The highest BCUT2D eigenvalue weighted by molar-refractivity contribution is 6.24. The molecule has 10 nitrogen and oxygen atoms in total. The number of halogens is 1. The van der Waals surface area contributed by atoms with E-state index < -0.39 is 22.9 Å². The maximum atomic E-state index is 15.8. The van der Waals surface area contributed by atoms with Gasteiger partial charge in [-0.25, -0.2) is 0 Å². The molecule has 3 saturated heterocycles. The van der Waals surface area contributed by atoms with Crippen LogP contribution < -0.4 is 15.4 Å². The molecule has 2 N–H and O–H groups in total. The normalized spacial score (nSPS) is 37.5. The molecular formula is C38H53ClN6O4. The summed E-state index contributed by atoms with van der Waals surface area (Å²) in [7, 11) is 2.15. The van der Waals surface area contributed by atoms with Gasteiger partial charge in [-0.1, -0.05) is 50.5 Å². The number of likely N-dealkylation sites (N-methyl/N-ethyl adjacent to an activating group) is 1. The van der Waals surface area contributed by atoms with Gasteiger partial charge in [0.05, 0.1) is 42.2 Å². The fraction of sp³-hybridized carbons (Fsp3) is 0.711. The summed E-state index contributed by atoms with van der Waals surface area (Å²) in [5, 5.41) is 17.0. The molecule has 8 atom stereocenters. The minimum absolute atomic E-state index is 0.0739. The standard InChI is InChI=1S/C38H53ClN6O4/c1-3-33(46)45-22-21-44(24-28(45)17-19-40)34-30-16-18-37(32(39)23-26-11-8-9-15-31(26)49-37)35(47)38(30,27-12-6-4-5-7-13-27)42-36(41-34)48-25-29-14-10-20-43(29)2/h3,8-9,11,15,27-30,32,34,36,41-42H,1,4-7,10,12-14,16-18,20-25H2,2H3/t28?,29?,30?,32?,34?,36?,37-,38?/m0/s1. The van der Waals surface area contributed by atoms with Crippen LogP contribution in [0, 0.1) is 23.2 Å². The first-order valence-corrected chi connectivity index (χ1v) is 19.1. The summed E-state index contributed by atoms with van der Waals surface area (Å²) in [6, 6.07) is 10.4. The summed E-state index contributed by atoms with van der Waals surface area (Å²) < 4.78 is 13.6. The number of Topliss-reactive ketones (excluding diaryl/α,β-unsaturated/α-hetero) is 1. The Morgan fingerprint density at radius 1 is 1.12 bits per heavy atom. The van der Waals surface area contributed by atoms with E-state index in [1.807, 2.05) is 24.3 Å². The molecule has 5 fully saturated rings. The van der Waals surface area contributed by atoms with Gasteiger partial charge in [-0.3, -0.25) is 25.1 Å². The number of amides is 1. The summed E-state index contributed by atoms with van der Waals surface area (Å²) in [4.78, 5) is 35.2. The fourth-order valence-corrected chi connectivity index (χ4v) is 10.6. The molecule has 7 rings (SSSR count). The monoisotopic (exact) mass is 692 g/mol. The van der Waals surface area contributed by atoms with Crippen molar-refractivity contribution < 1.29 is 19.1 Å². The number of piperazine rings is 1. The summed E-state index contributed by atoms with van der Waals surface area (Å²) >= 11 is 7.32. The number of nitrogens with zero attached hydrogens (tertiary/aromatic N) is 4. The smallest absolute Gasteiger partial charge is 0.246 e. The molecule has 2 aliphatic carbocycles. The third-order valence-electron chi connectivity index (χ3n) is 12.7. The van der Waals surface area contributed by atoms with Gasteiger partial charge >= 0.3 is 0 Å². The minimum Gasteiger partial charge on any atom is -0.478 e. The number of benzene rings is 1. The zero-order valence-corrected chi connectivity index (χ0v) is 29.7. The van der Waals surface area contributed by atoms with Crippen LogP contribution in [0.2, 0.25) is 0 Å². The van der Waals surface area contributed by atoms with E-state index in [2.05, 4.69) is 40.1 Å². The second-order valence-electron chi connectivity index (χ2n) is 15.3. The van der Waals surface area contributed by atoms with Crippen molar-refractivity contribution >= 4 is 23.3 Å². The third-order valence-corrected chi connectivity index (χ3v) is 13.2. The minimum atomic E-state index is -1.15. The van der Waals surface area contributed by atoms with Gasteiger partial charge in [0.25, 0.3) is 0 Å². The first-order chi connectivity index (χ1) is 23.8. The van der Waals surface area contributed by atoms with Crippen molar-refractivity contribution in [1.29, 1.82) is 5.26 Å². The van der Waals surface area contributed by atoms with Crippen LogP contribution in [-0.2, 0) is 20.7 Å². The van der Waals surface area contributed by atoms with E-state index in [4.69, 9.17) is 21.1 Å². The highest BCUT2D eigenvalue weighted by Crippen LogP contribution is 2.53. The maximum Gasteiger partial charge on any atom is 0.246 e. The lowest BCUT2D eigenvalue weighted by molar-refractivity contribution is -0.184. The summed E-state index contributed by atoms with van der Waals surface area (Å²) in [5.74, 6) is 0.692. The number of nitrogens with one attached hydrogen (secondary N) is 2. The van der Waals surface area contributed by atoms with E-state index in [0.717, 1.165) is 62.8 Å². The van der Waals surface area contributed by atoms with Crippen molar-refractivity contribution in [2.45, 2.75) is 118 Å². The maximum absolute atomic E-state index is 15.8. The molecule has 0 radical (unpaired) electrons. The molecule has 6 aliphatic rings. The predicted molar refractivity (Wildman–Crippen MR) is 188 cm³/mol. The average molecular weight is 693 g/mol. The number of para-hydroxylation sites is 1. The molecule has 1 amide bonds. The molecule has 4 heterocycles. The van der Waals surface area contributed by atoms with Gasteiger partial charge in [0.15, 0.2) is 17.7 Å². The highest BCUT2D eigenvalue weighted by Gasteiger charge is 2.68. The van der Waals surface area contributed by atoms with Gasteiger partial charge in [-0.15, -0.1) is 11.6 Å². The fourth-order valence-electron chi connectivity index (χ4n) is 10.1. The van der Waals surface area contributed by atoms with Crippen LogP contribution in [0.15, 0.2) is 36.9 Å². The molecule has 49 heavy (non-hydrogen) atoms. The van der Waals surface area contributed by atoms with Crippen LogP contribution in [0.1, 0.15) is 76.2 Å². The molecule has 266 valence electrons. The van der Waals surface area contributed by atoms with Crippen LogP contribution in [0.25, 0.3) is 0 Å². The zero-order valence-electron chi connectivity index (χ0n) is 29.0. The van der Waals surface area contributed by atoms with Crippen molar-refractivity contribution in [3.63, 3.8) is 0 Å². The quantitative estimate of drug-likeness (QED) is 0.247. The molecule has 7 unspecified atom stereocenters. The summed E-state index contributed by atoms with van der Waals surface area (Å²) in [6.45, 7) is 6.97. The van der Waals surface area contributed by atoms with Crippen molar-refractivity contribution in [3.05, 3.63) is 42.5 Å². The van der Waals surface area contributed by atoms with E-state index in [-0.39, 0.29) is 42.2 Å². The summed E-state index contributed by atoms with van der Waals surface area (Å²) in [5.41, 5.74) is -1.04. The second-order valence-corrected chi connectivity index (χ2v) is 15.8. The Labute approximate surface area is 296 Å². The molecule has 4 aliphatic heterocycles. The molecule has 2 saturated carbocycles. The van der Waals surface area contributed by atoms with Crippen LogP contribution in [0.4, 0.5) is 0 Å². The number of nitriles is 1. The first kappa shape index (κ1) is 34.9. The Kier molecular flexibility index (Phi) is 10.4. The van der Waals surface area contributed by atoms with E-state index in [1.165, 1.54) is 18.9 Å². The first-order valence-electron chi connectivity index (χ1n) is 18.7. The van der Waals surface area contributed by atoms with Gasteiger partial charge in [0.1, 0.15) is 5.75 Å². The van der Waals surface area contributed by atoms with Crippen LogP contribution in [0.5, 0.6) is 5.75 Å². The number of carbonyl (C=O) groups excluding carboxylic acids is 2. The SMILES string of the molecule is C=CC(=O)N1CCN(C2NC(OCC3CCCN3C)NC3(C4CCCCCC4)C(=O)[C@@]4(CCC23)Oc2ccccc2CC4Cl)CC1CC#N. The van der Waals surface area contributed by atoms with E-state index >= 15 is 4.79 Å². The number of likely N-dealkylation sites (tertiary alicyclic amines) is 1. The lowest BCUT2D eigenvalue weighted by atomic mass is 9.55. The van der Waals surface area contributed by atoms with E-state index in [9.17, 15) is 10.1 Å². The lowest BCUT2D eigenvalue weighted by Crippen LogP contribution is -2.84. The topological polar surface area (TPSA) is 110 Å². The van der Waals surface area contributed by atoms with Crippen LogP contribution in [0.3, 0.4) is 0 Å². The Morgan fingerprint density at radius 3 is 2.65 bits per heavy atom. The number of carbonyl (C=O) groups is 2. The Hall–Kier alpha value is -2.52. The van der Waals surface area contributed by atoms with Gasteiger partial charge in [0, 0.05) is 31.6 Å². The highest BCUT2D eigenvalue weighted by atomic mass is 35.5. The molecule has 1 spiro atoms. The van der Waals surface area contributed by atoms with Gasteiger partial charge in [-0.2, -0.15) is 5.26 Å². The largest absolute Gasteiger partial charge is 0.478 e. The van der Waals surface area contributed by atoms with Crippen molar-refractivity contribution in [3.8, 4) is 11.8 Å². The third kappa shape index (κ3) is 6.34. The second kappa shape index (κ2) is 14.6. The van der Waals surface area contributed by atoms with Crippen LogP contribution >= 0.6 is 11.6 Å². The number of ketones is 1. The number of hydrogen-bond donors (Lipinski definition) is 2. The van der Waals surface area contributed by atoms with E-state index in [0.29, 0.717) is 45.1 Å². The molecule has 11 heteroatoms. The Balaban J connectivity index is 1.28. The van der Waals surface area contributed by atoms with Crippen molar-refractivity contribution in [2.24, 2.45) is 11.8 Å². The molecule has 1 aromatic rings. The number of fused-ring (bicyclic) bond motifs is 2. The molecule has 0 aromatic heterocycles. The van der Waals surface area contributed by atoms with Crippen molar-refractivity contribution in [1.82, 2.24) is 25.3 Å². The van der Waals surface area contributed by atoms with Gasteiger partial charge < -0.3 is 19.3 Å². The Morgan fingerprint density at radius 2 is 1.92 bits per heavy atom. The number of hydrogen-bond acceptors (Lipinski definition) is 9. The number of alkyl halides is 1. The molecular weight excluding hydrogens is 640 g/mol. The number of ether oxygens (including phenoxy) is 2. The molecule has 1 aromatic carbocycles. The lowest BCUT2D eigenvalue weighted by Gasteiger charge is -2.62. The number of rotatable bonds is 7. The zero-order chi connectivity index (χ0) is 34.2. The predicted octanol–water partition coefficient (Wildman–Crippen LogP) is 4.18. The summed E-state index contributed by atoms with van der Waals surface area (Å²) in [6.07, 6.45) is 11.3. The Bertz CT molecular complexity index is 1430. The van der Waals surface area contributed by atoms with Gasteiger partial charge in [0.2, 0.25) is 5.91 Å². The van der Waals surface area contributed by atoms with Gasteiger partial charge in [-0.05, 0) is 82.2 Å². The average Bonchev–Trinajstić information content (AvgIpc) is 3.33. The molecule has 0 bridgehead atoms. The van der Waals surface area contributed by atoms with E-state index in [1.54, 1.807) is 4.90 Å². The van der Waals surface area contributed by atoms with Crippen molar-refractivity contribution in [2.75, 3.05) is 39.8 Å². The van der Waals surface area contributed by atoms with Crippen LogP contribution in [-0.4, -0.2) is 107 Å².